The summed E-state index contributed by atoms with van der Waals surface area (Å²) in [6, 6.07) is 5.69. The molecule has 3 aliphatic rings. The van der Waals surface area contributed by atoms with Crippen LogP contribution in [0.1, 0.15) is 12.8 Å². The van der Waals surface area contributed by atoms with Crippen molar-refractivity contribution in [3.05, 3.63) is 34.4 Å². The number of hydrogen-bond donors (Lipinski definition) is 1. The highest BCUT2D eigenvalue weighted by Gasteiger charge is 2.63. The van der Waals surface area contributed by atoms with Crippen molar-refractivity contribution in [1.29, 1.82) is 0 Å². The minimum atomic E-state index is -0.490. The molecule has 114 valence electrons. The lowest BCUT2D eigenvalue weighted by Gasteiger charge is -2.23. The number of benzene rings is 1. The number of nitro benzene ring substituents is 1. The minimum absolute atomic E-state index is 0.00549. The summed E-state index contributed by atoms with van der Waals surface area (Å²) in [5.74, 6) is -0.717. The Kier molecular flexibility index (Phi) is 2.72. The van der Waals surface area contributed by atoms with E-state index in [1.54, 1.807) is 0 Å². The fourth-order valence-electron chi connectivity index (χ4n) is 4.26. The monoisotopic (exact) mass is 302 g/mol. The second-order valence-corrected chi connectivity index (χ2v) is 6.22. The van der Waals surface area contributed by atoms with Gasteiger partial charge in [0.2, 0.25) is 5.91 Å². The van der Waals surface area contributed by atoms with Crippen LogP contribution < -0.4 is 5.32 Å². The van der Waals surface area contributed by atoms with Gasteiger partial charge in [-0.2, -0.15) is 0 Å². The number of amides is 1. The lowest BCUT2D eigenvalue weighted by atomic mass is 9.79. The second kappa shape index (κ2) is 4.53. The first-order valence-corrected chi connectivity index (χ1v) is 7.30. The van der Waals surface area contributed by atoms with E-state index in [4.69, 9.17) is 4.74 Å². The number of hydrogen-bond acceptors (Lipinski definition) is 5. The van der Waals surface area contributed by atoms with Crippen LogP contribution in [-0.4, -0.2) is 22.9 Å². The molecule has 5 atom stereocenters. The average Bonchev–Trinajstić information content (AvgIpc) is 3.09. The van der Waals surface area contributed by atoms with Crippen molar-refractivity contribution in [2.75, 3.05) is 5.32 Å². The highest BCUT2D eigenvalue weighted by Crippen LogP contribution is 2.57. The fourth-order valence-corrected chi connectivity index (χ4v) is 4.26. The molecule has 0 unspecified atom stereocenters. The number of nitrogens with one attached hydrogen (secondary N) is 1. The van der Waals surface area contributed by atoms with Gasteiger partial charge in [-0.25, -0.2) is 0 Å². The van der Waals surface area contributed by atoms with Crippen LogP contribution in [0.2, 0.25) is 0 Å². The predicted molar refractivity (Wildman–Crippen MR) is 74.8 cm³/mol. The molecule has 7 heteroatoms. The van der Waals surface area contributed by atoms with Gasteiger partial charge in [0, 0.05) is 23.7 Å². The van der Waals surface area contributed by atoms with Gasteiger partial charge in [0.15, 0.2) is 0 Å². The van der Waals surface area contributed by atoms with Crippen LogP contribution in [0.5, 0.6) is 0 Å². The lowest BCUT2D eigenvalue weighted by Crippen LogP contribution is -2.35. The smallest absolute Gasteiger partial charge is 0.310 e. The number of anilines is 1. The van der Waals surface area contributed by atoms with E-state index >= 15 is 0 Å². The first kappa shape index (κ1) is 13.2. The summed E-state index contributed by atoms with van der Waals surface area (Å²) in [5.41, 5.74) is 0.474. The summed E-state index contributed by atoms with van der Waals surface area (Å²) in [7, 11) is 0. The van der Waals surface area contributed by atoms with E-state index in [1.165, 1.54) is 24.3 Å². The normalized spacial score (nSPS) is 34.5. The van der Waals surface area contributed by atoms with Crippen LogP contribution in [0.4, 0.5) is 11.4 Å². The van der Waals surface area contributed by atoms with Crippen LogP contribution in [-0.2, 0) is 14.3 Å². The number of carbonyl (C=O) groups excluding carboxylic acids is 2. The molecule has 2 bridgehead atoms. The number of fused-ring (bicyclic) bond motifs is 1. The molecular weight excluding hydrogens is 288 g/mol. The first-order chi connectivity index (χ1) is 10.5. The van der Waals surface area contributed by atoms with Crippen LogP contribution in [0.3, 0.4) is 0 Å². The maximum absolute atomic E-state index is 12.5. The molecule has 3 fully saturated rings. The summed E-state index contributed by atoms with van der Waals surface area (Å²) in [4.78, 5) is 34.5. The Morgan fingerprint density at radius 1 is 1.27 bits per heavy atom. The predicted octanol–water partition coefficient (Wildman–Crippen LogP) is 1.73. The van der Waals surface area contributed by atoms with Crippen molar-refractivity contribution < 1.29 is 19.2 Å². The number of rotatable bonds is 3. The molecule has 22 heavy (non-hydrogen) atoms. The third kappa shape index (κ3) is 1.81. The molecule has 1 aromatic rings. The zero-order chi connectivity index (χ0) is 15.4. The molecule has 1 saturated heterocycles. The van der Waals surface area contributed by atoms with Crippen molar-refractivity contribution in [3.8, 4) is 0 Å². The van der Waals surface area contributed by atoms with Gasteiger partial charge in [-0.05, 0) is 30.9 Å². The largest absolute Gasteiger partial charge is 0.462 e. The molecule has 1 aliphatic heterocycles. The third-order valence-corrected chi connectivity index (χ3v) is 5.13. The number of esters is 1. The van der Waals surface area contributed by atoms with E-state index in [-0.39, 0.29) is 47.3 Å². The Hall–Kier alpha value is -2.44. The number of nitrogens with zero attached hydrogens (tertiary/aromatic N) is 1. The van der Waals surface area contributed by atoms with Crippen molar-refractivity contribution in [1.82, 2.24) is 0 Å². The van der Waals surface area contributed by atoms with E-state index in [0.717, 1.165) is 12.8 Å². The van der Waals surface area contributed by atoms with E-state index in [9.17, 15) is 19.7 Å². The summed E-state index contributed by atoms with van der Waals surface area (Å²) in [5, 5.41) is 13.4. The standard InChI is InChI=1S/C15H14N2O5/c18-14(16-8-1-3-9(4-2-8)17(20)21)12-7-5-10-11(6-7)22-15(19)13(10)12/h1-4,7,10-13H,5-6H2,(H,16,18)/t7-,10-,11-,12-,13+/m1/s1. The lowest BCUT2D eigenvalue weighted by molar-refractivity contribution is -0.384. The molecule has 1 amide bonds. The molecule has 4 rings (SSSR count). The van der Waals surface area contributed by atoms with E-state index in [0.29, 0.717) is 5.69 Å². The molecule has 2 saturated carbocycles. The van der Waals surface area contributed by atoms with Crippen LogP contribution in [0.15, 0.2) is 24.3 Å². The Labute approximate surface area is 125 Å². The molecule has 7 nitrogen and oxygen atoms in total. The number of nitro groups is 1. The van der Waals surface area contributed by atoms with Crippen molar-refractivity contribution in [3.63, 3.8) is 0 Å². The van der Waals surface area contributed by atoms with Gasteiger partial charge < -0.3 is 10.1 Å². The highest BCUT2D eigenvalue weighted by atomic mass is 16.6. The Morgan fingerprint density at radius 3 is 2.68 bits per heavy atom. The van der Waals surface area contributed by atoms with Gasteiger partial charge >= 0.3 is 5.97 Å². The van der Waals surface area contributed by atoms with Crippen LogP contribution in [0.25, 0.3) is 0 Å². The van der Waals surface area contributed by atoms with Gasteiger partial charge in [0.1, 0.15) is 6.10 Å². The van der Waals surface area contributed by atoms with E-state index in [2.05, 4.69) is 5.32 Å². The van der Waals surface area contributed by atoms with E-state index < -0.39 is 4.92 Å². The van der Waals surface area contributed by atoms with Crippen LogP contribution >= 0.6 is 0 Å². The maximum Gasteiger partial charge on any atom is 0.310 e. The van der Waals surface area contributed by atoms with Gasteiger partial charge in [-0.1, -0.05) is 0 Å². The Bertz CT molecular complexity index is 669. The van der Waals surface area contributed by atoms with E-state index in [1.807, 2.05) is 0 Å². The molecule has 2 aliphatic carbocycles. The molecule has 0 aromatic heterocycles. The van der Waals surface area contributed by atoms with Gasteiger partial charge in [0.25, 0.3) is 5.69 Å². The van der Waals surface area contributed by atoms with Gasteiger partial charge in [0.05, 0.1) is 16.8 Å². The summed E-state index contributed by atoms with van der Waals surface area (Å²) < 4.78 is 5.32. The fraction of sp³-hybridized carbons (Fsp3) is 0.467. The average molecular weight is 302 g/mol. The highest BCUT2D eigenvalue weighted by molar-refractivity contribution is 5.97. The van der Waals surface area contributed by atoms with Gasteiger partial charge in [-0.3, -0.25) is 19.7 Å². The minimum Gasteiger partial charge on any atom is -0.462 e. The molecule has 1 heterocycles. The van der Waals surface area contributed by atoms with Crippen molar-refractivity contribution in [2.45, 2.75) is 18.9 Å². The van der Waals surface area contributed by atoms with Crippen molar-refractivity contribution >= 4 is 23.3 Å². The second-order valence-electron chi connectivity index (χ2n) is 6.22. The maximum atomic E-state index is 12.5. The molecule has 0 spiro atoms. The SMILES string of the molecule is O=C(Nc1ccc([N+](=O)[O-])cc1)[C@@H]1[C@@H]2C[C@H]3[C@@H]1C(=O)O[C@@H]3C2. The van der Waals surface area contributed by atoms with Gasteiger partial charge in [-0.15, -0.1) is 0 Å². The summed E-state index contributed by atoms with van der Waals surface area (Å²) in [6.45, 7) is 0. The molecule has 0 radical (unpaired) electrons. The topological polar surface area (TPSA) is 98.5 Å². The Morgan fingerprint density at radius 2 is 2.00 bits per heavy atom. The molecule has 1 N–H and O–H groups in total. The quantitative estimate of drug-likeness (QED) is 0.521. The third-order valence-electron chi connectivity index (χ3n) is 5.13. The zero-order valence-corrected chi connectivity index (χ0v) is 11.6. The molecular formula is C15H14N2O5. The number of non-ortho nitro benzene ring substituents is 1. The van der Waals surface area contributed by atoms with Crippen molar-refractivity contribution in [2.24, 2.45) is 23.7 Å². The first-order valence-electron chi connectivity index (χ1n) is 7.30. The number of carbonyl (C=O) groups is 2. The molecule has 1 aromatic carbocycles. The summed E-state index contributed by atoms with van der Waals surface area (Å²) >= 11 is 0. The van der Waals surface area contributed by atoms with Crippen LogP contribution in [0, 0.1) is 33.8 Å². The number of ether oxygens (including phenoxy) is 1. The zero-order valence-electron chi connectivity index (χ0n) is 11.6. The summed E-state index contributed by atoms with van der Waals surface area (Å²) in [6.07, 6.45) is 1.65. The Balaban J connectivity index is 1.51.